The highest BCUT2D eigenvalue weighted by atomic mass is 35.5. The highest BCUT2D eigenvalue weighted by Crippen LogP contribution is 2.20. The first-order chi connectivity index (χ1) is 13.9. The minimum atomic E-state index is -3.45. The topological polar surface area (TPSA) is 106 Å². The Hall–Kier alpha value is -1.74. The van der Waals surface area contributed by atoms with Crippen molar-refractivity contribution in [3.8, 4) is 6.07 Å². The molecule has 2 fully saturated rings. The van der Waals surface area contributed by atoms with E-state index in [1.54, 1.807) is 18.2 Å². The van der Waals surface area contributed by atoms with E-state index in [0.29, 0.717) is 75.3 Å². The summed E-state index contributed by atoms with van der Waals surface area (Å²) in [4.78, 5) is 14.3. The van der Waals surface area contributed by atoms with Crippen molar-refractivity contribution in [2.45, 2.75) is 6.42 Å². The first-order valence-electron chi connectivity index (χ1n) is 9.45. The lowest BCUT2D eigenvalue weighted by molar-refractivity contribution is -0.116. The van der Waals surface area contributed by atoms with E-state index >= 15 is 0 Å². The lowest BCUT2D eigenvalue weighted by atomic mass is 10.2. The van der Waals surface area contributed by atoms with Crippen LogP contribution < -0.4 is 5.32 Å². The predicted octanol–water partition coefficient (Wildman–Crippen LogP) is 0.735. The molecular formula is C18H24ClN5O4S. The molecule has 0 spiro atoms. The monoisotopic (exact) mass is 441 g/mol. The van der Waals surface area contributed by atoms with Gasteiger partial charge in [-0.3, -0.25) is 4.79 Å². The number of nitrogens with zero attached hydrogens (tertiary/aromatic N) is 4. The molecule has 0 radical (unpaired) electrons. The van der Waals surface area contributed by atoms with E-state index in [0.717, 1.165) is 0 Å². The van der Waals surface area contributed by atoms with Gasteiger partial charge in [0.1, 0.15) is 6.07 Å². The van der Waals surface area contributed by atoms with Crippen molar-refractivity contribution in [1.29, 1.82) is 5.26 Å². The smallest absolute Gasteiger partial charge is 0.282 e. The average molecular weight is 442 g/mol. The number of benzene rings is 1. The quantitative estimate of drug-likeness (QED) is 0.697. The summed E-state index contributed by atoms with van der Waals surface area (Å²) in [5, 5.41) is 11.9. The lowest BCUT2D eigenvalue weighted by Gasteiger charge is -2.37. The minimum Gasteiger partial charge on any atom is -0.379 e. The lowest BCUT2D eigenvalue weighted by Crippen LogP contribution is -2.55. The SMILES string of the molecule is N#Cc1ccc(NC(=O)CCN2CCN(S(=O)(=O)N3CCOCC3)CC2)cc1Cl. The number of amides is 1. The number of anilines is 1. The van der Waals surface area contributed by atoms with Crippen LogP contribution in [0.2, 0.25) is 5.02 Å². The second kappa shape index (κ2) is 9.84. The highest BCUT2D eigenvalue weighted by molar-refractivity contribution is 7.86. The van der Waals surface area contributed by atoms with Gasteiger partial charge in [0.05, 0.1) is 23.8 Å². The van der Waals surface area contributed by atoms with Crippen LogP contribution in [0, 0.1) is 11.3 Å². The molecule has 1 amide bonds. The summed E-state index contributed by atoms with van der Waals surface area (Å²) in [6.07, 6.45) is 0.286. The summed E-state index contributed by atoms with van der Waals surface area (Å²) in [7, 11) is -3.45. The first kappa shape index (κ1) is 22.0. The maximum absolute atomic E-state index is 12.7. The van der Waals surface area contributed by atoms with E-state index in [-0.39, 0.29) is 12.3 Å². The van der Waals surface area contributed by atoms with Crippen LogP contribution in [0.1, 0.15) is 12.0 Å². The van der Waals surface area contributed by atoms with Gasteiger partial charge in [0, 0.05) is 57.9 Å². The van der Waals surface area contributed by atoms with Crippen LogP contribution in [0.3, 0.4) is 0 Å². The fourth-order valence-corrected chi connectivity index (χ4v) is 5.08. The van der Waals surface area contributed by atoms with E-state index in [4.69, 9.17) is 21.6 Å². The molecule has 0 aromatic heterocycles. The number of piperazine rings is 1. The maximum Gasteiger partial charge on any atom is 0.282 e. The van der Waals surface area contributed by atoms with Crippen LogP contribution in [0.4, 0.5) is 5.69 Å². The van der Waals surface area contributed by atoms with Crippen molar-refractivity contribution < 1.29 is 17.9 Å². The summed E-state index contributed by atoms with van der Waals surface area (Å²) in [5.41, 5.74) is 0.898. The molecule has 1 N–H and O–H groups in total. The summed E-state index contributed by atoms with van der Waals surface area (Å²) < 4.78 is 33.5. The van der Waals surface area contributed by atoms with Gasteiger partial charge in [-0.05, 0) is 18.2 Å². The number of carbonyl (C=O) groups excluding carboxylic acids is 1. The minimum absolute atomic E-state index is 0.158. The second-order valence-electron chi connectivity index (χ2n) is 6.86. The van der Waals surface area contributed by atoms with Gasteiger partial charge in [-0.25, -0.2) is 0 Å². The zero-order chi connectivity index (χ0) is 20.9. The molecular weight excluding hydrogens is 418 g/mol. The molecule has 2 saturated heterocycles. The molecule has 29 heavy (non-hydrogen) atoms. The van der Waals surface area contributed by atoms with E-state index < -0.39 is 10.2 Å². The van der Waals surface area contributed by atoms with Gasteiger partial charge < -0.3 is 15.0 Å². The van der Waals surface area contributed by atoms with E-state index in [1.165, 1.54) is 8.61 Å². The standard InChI is InChI=1S/C18H24ClN5O4S/c19-17-13-16(2-1-15(17)14-20)21-18(25)3-4-22-5-7-23(8-6-22)29(26,27)24-9-11-28-12-10-24/h1-2,13H,3-12H2,(H,21,25). The molecule has 2 aliphatic heterocycles. The second-order valence-corrected chi connectivity index (χ2v) is 9.20. The molecule has 2 aliphatic rings. The summed E-state index contributed by atoms with van der Waals surface area (Å²) in [5.74, 6) is -0.158. The van der Waals surface area contributed by atoms with Crippen LogP contribution in [0.5, 0.6) is 0 Å². The number of nitrogens with one attached hydrogen (secondary N) is 1. The van der Waals surface area contributed by atoms with E-state index in [9.17, 15) is 13.2 Å². The number of halogens is 1. The van der Waals surface area contributed by atoms with E-state index in [2.05, 4.69) is 10.2 Å². The van der Waals surface area contributed by atoms with Crippen LogP contribution in [0.15, 0.2) is 18.2 Å². The molecule has 158 valence electrons. The van der Waals surface area contributed by atoms with Crippen LogP contribution >= 0.6 is 11.6 Å². The third-order valence-corrected chi connectivity index (χ3v) is 7.33. The zero-order valence-corrected chi connectivity index (χ0v) is 17.6. The average Bonchev–Trinajstić information content (AvgIpc) is 2.73. The van der Waals surface area contributed by atoms with Gasteiger partial charge in [-0.15, -0.1) is 0 Å². The fourth-order valence-electron chi connectivity index (χ4n) is 3.29. The van der Waals surface area contributed by atoms with Crippen molar-refractivity contribution in [3.63, 3.8) is 0 Å². The fraction of sp³-hybridized carbons (Fsp3) is 0.556. The predicted molar refractivity (Wildman–Crippen MR) is 109 cm³/mol. The van der Waals surface area contributed by atoms with E-state index in [1.807, 2.05) is 6.07 Å². The number of carbonyl (C=O) groups is 1. The number of ether oxygens (including phenoxy) is 1. The Morgan fingerprint density at radius 1 is 1.14 bits per heavy atom. The molecule has 2 heterocycles. The Balaban J connectivity index is 1.43. The molecule has 0 aliphatic carbocycles. The summed E-state index contributed by atoms with van der Waals surface area (Å²) in [6, 6.07) is 6.72. The normalized spacial score (nSPS) is 19.6. The van der Waals surface area contributed by atoms with Gasteiger partial charge in [-0.1, -0.05) is 11.6 Å². The Labute approximate surface area is 175 Å². The highest BCUT2D eigenvalue weighted by Gasteiger charge is 2.33. The van der Waals surface area contributed by atoms with Crippen LogP contribution in [-0.2, 0) is 19.7 Å². The number of rotatable bonds is 6. The zero-order valence-electron chi connectivity index (χ0n) is 16.0. The van der Waals surface area contributed by atoms with Crippen LogP contribution in [0.25, 0.3) is 0 Å². The Bertz CT molecular complexity index is 875. The molecule has 0 saturated carbocycles. The van der Waals surface area contributed by atoms with Gasteiger partial charge in [0.15, 0.2) is 0 Å². The number of hydrogen-bond acceptors (Lipinski definition) is 6. The van der Waals surface area contributed by atoms with Gasteiger partial charge in [0.25, 0.3) is 10.2 Å². The maximum atomic E-state index is 12.7. The van der Waals surface area contributed by atoms with Gasteiger partial charge in [-0.2, -0.15) is 22.3 Å². The third kappa shape index (κ3) is 5.66. The first-order valence-corrected chi connectivity index (χ1v) is 11.2. The molecule has 1 aromatic rings. The van der Waals surface area contributed by atoms with Crippen molar-refractivity contribution >= 4 is 33.4 Å². The third-order valence-electron chi connectivity index (χ3n) is 4.98. The molecule has 3 rings (SSSR count). The Morgan fingerprint density at radius 2 is 1.79 bits per heavy atom. The molecule has 11 heteroatoms. The van der Waals surface area contributed by atoms with Crippen LogP contribution in [-0.4, -0.2) is 86.9 Å². The van der Waals surface area contributed by atoms with Gasteiger partial charge in [0.2, 0.25) is 5.91 Å². The largest absolute Gasteiger partial charge is 0.379 e. The molecule has 0 bridgehead atoms. The number of morpholine rings is 1. The molecule has 0 unspecified atom stereocenters. The Kier molecular flexibility index (Phi) is 7.45. The summed E-state index contributed by atoms with van der Waals surface area (Å²) in [6.45, 7) is 4.17. The Morgan fingerprint density at radius 3 is 2.41 bits per heavy atom. The molecule has 0 atom stereocenters. The van der Waals surface area contributed by atoms with Gasteiger partial charge >= 0.3 is 0 Å². The van der Waals surface area contributed by atoms with Crippen molar-refractivity contribution in [3.05, 3.63) is 28.8 Å². The number of nitriles is 1. The van der Waals surface area contributed by atoms with Crippen molar-refractivity contribution in [2.75, 3.05) is 64.3 Å². The number of hydrogen-bond donors (Lipinski definition) is 1. The molecule has 9 nitrogen and oxygen atoms in total. The van der Waals surface area contributed by atoms with Crippen molar-refractivity contribution in [2.24, 2.45) is 0 Å². The van der Waals surface area contributed by atoms with Crippen molar-refractivity contribution in [1.82, 2.24) is 13.5 Å². The summed E-state index contributed by atoms with van der Waals surface area (Å²) >= 11 is 5.97. The molecule has 1 aromatic carbocycles.